The number of alkyl halides is 3. The number of carbonyl (C=O) groups excluding carboxylic acids is 4. The number of pyridine rings is 4. The third-order valence-corrected chi connectivity index (χ3v) is 22.9. The number of amides is 4. The summed E-state index contributed by atoms with van der Waals surface area (Å²) in [5, 5.41) is 21.8. The number of hydrogen-bond acceptors (Lipinski definition) is 27. The molecule has 12 aromatic heterocycles. The van der Waals surface area contributed by atoms with Gasteiger partial charge in [-0.1, -0.05) is 81.0 Å². The first kappa shape index (κ1) is 93.1. The van der Waals surface area contributed by atoms with Crippen molar-refractivity contribution in [2.75, 3.05) is 71.0 Å². The number of aromatic amines is 4. The van der Waals surface area contributed by atoms with Gasteiger partial charge in [0.05, 0.1) is 155 Å². The number of nitrogens with zero attached hydrogens (tertiary/aromatic N) is 19. The van der Waals surface area contributed by atoms with Crippen LogP contribution in [0.25, 0.3) is 46.6 Å². The number of H-pyrrole nitrogens is 4. The molecule has 4 aliphatic heterocycles. The van der Waals surface area contributed by atoms with Gasteiger partial charge in [-0.3, -0.25) is 74.0 Å². The Morgan fingerprint density at radius 2 is 0.783 bits per heavy atom. The molecule has 0 radical (unpaired) electrons. The van der Waals surface area contributed by atoms with Gasteiger partial charge in [0.1, 0.15) is 43.6 Å². The standard InChI is InChI=1S/2C23H26ClN7O2.C21H18ClF3N6O2.C19H17BrClN7O2/c1-11-9-26-15(12(2)18(11)33-6)10-31-20-17(19(24)27-22(25)28-20)14(21(31)32)7-13-8-16(30-29-13)23(3,4)5;1-11(2)6-14-7-15(30-29-14)8-16-18-20(24)27-23(25)28-21(18)31(22(16)32)10-17-13(4)19(33-5)12(3)9-26-17;1-9-6-28-14(10(2)16(9)33-3)8-31-18-15(17(22)29-20(26)30-18)13(19(31)32)5-12-4-11(7-27-12)21(23,24)25;1-8-5-23-13(9(2)15(8)30-3)7-28-17-14(16(21)25-19(22)26-17)10(18(28)29)4-12-11(20)6-24-27-12/h7-9H,10H2,1-6H3,(H,29,30)(H2,25,27,28);7-9,11H,6,10H2,1-5H3,(H,29,30)(H2,25,27,28);4-7,27H,8H2,1-3H3,(H2,26,29,30);4-6H,7H2,1-3H3,(H,24,27)(H2,22,25,26)/b14-7-;16-8-;13-5-;10-4-. The monoisotopic (exact) mass is 1900 g/mol. The fourth-order valence-electron chi connectivity index (χ4n) is 14.9. The number of nitrogens with one attached hydrogen (secondary N) is 4. The Kier molecular flexibility index (Phi) is 27.0. The Hall–Kier alpha value is -13.5. The molecule has 0 aliphatic carbocycles. The highest BCUT2D eigenvalue weighted by Crippen LogP contribution is 2.48. The van der Waals surface area contributed by atoms with Crippen molar-refractivity contribution in [2.45, 2.75) is 134 Å². The number of rotatable bonds is 18. The molecular formula is C86H87BrCl4F3N27O8. The molecule has 129 heavy (non-hydrogen) atoms. The van der Waals surface area contributed by atoms with Gasteiger partial charge in [0.15, 0.2) is 23.3 Å². The Bertz CT molecular complexity index is 6440. The lowest BCUT2D eigenvalue weighted by molar-refractivity contribution is -0.137. The molecule has 0 bridgehead atoms. The van der Waals surface area contributed by atoms with Crippen LogP contribution in [0, 0.1) is 61.3 Å². The van der Waals surface area contributed by atoms with Crippen molar-refractivity contribution in [3.05, 3.63) is 210 Å². The number of halogens is 8. The molecule has 0 saturated carbocycles. The molecule has 0 aromatic carbocycles. The second-order valence-electron chi connectivity index (χ2n) is 31.6. The molecule has 4 amide bonds. The average Bonchev–Trinajstić information content (AvgIpc) is 1.61. The van der Waals surface area contributed by atoms with Crippen LogP contribution >= 0.6 is 62.3 Å². The number of methoxy groups -OCH3 is 4. The number of anilines is 8. The Balaban J connectivity index is 0.000000147. The van der Waals surface area contributed by atoms with Crippen LogP contribution in [0.4, 0.5) is 60.2 Å². The Labute approximate surface area is 765 Å². The number of carbonyl (C=O) groups is 4. The van der Waals surface area contributed by atoms with Gasteiger partial charge in [-0.15, -0.1) is 0 Å². The van der Waals surface area contributed by atoms with Crippen LogP contribution in [-0.2, 0) is 63.4 Å². The van der Waals surface area contributed by atoms with Crippen molar-refractivity contribution in [2.24, 2.45) is 5.92 Å². The quantitative estimate of drug-likeness (QED) is 0.0292. The fourth-order valence-corrected chi connectivity index (χ4v) is 16.3. The number of hydrogen-bond donors (Lipinski definition) is 8. The molecular weight excluding hydrogens is 1820 g/mol. The second kappa shape index (κ2) is 37.4. The Morgan fingerprint density at radius 1 is 0.457 bits per heavy atom. The molecule has 12 N–H and O–H groups in total. The van der Waals surface area contributed by atoms with Gasteiger partial charge >= 0.3 is 6.18 Å². The first-order valence-corrected chi connectivity index (χ1v) is 41.8. The lowest BCUT2D eigenvalue weighted by Crippen LogP contribution is -2.27. The van der Waals surface area contributed by atoms with Crippen molar-refractivity contribution in [3.63, 3.8) is 0 Å². The number of aromatic nitrogens is 19. The van der Waals surface area contributed by atoms with E-state index in [9.17, 15) is 32.3 Å². The van der Waals surface area contributed by atoms with Gasteiger partial charge in [-0.2, -0.15) is 48.4 Å². The topological polar surface area (TPSA) is 479 Å². The highest BCUT2D eigenvalue weighted by atomic mass is 79.9. The van der Waals surface area contributed by atoms with Gasteiger partial charge in [0.2, 0.25) is 23.8 Å². The van der Waals surface area contributed by atoms with Gasteiger partial charge in [-0.05, 0) is 126 Å². The summed E-state index contributed by atoms with van der Waals surface area (Å²) in [4.78, 5) is 113. The van der Waals surface area contributed by atoms with Crippen LogP contribution in [-0.4, -0.2) is 147 Å². The minimum Gasteiger partial charge on any atom is -0.496 e. The van der Waals surface area contributed by atoms with E-state index in [0.717, 1.165) is 91.8 Å². The maximum atomic E-state index is 13.6. The van der Waals surface area contributed by atoms with E-state index in [1.165, 1.54) is 32.8 Å². The van der Waals surface area contributed by atoms with Crippen molar-refractivity contribution in [1.29, 1.82) is 0 Å². The number of aryl methyl sites for hydroxylation is 4. The van der Waals surface area contributed by atoms with E-state index in [1.807, 2.05) is 67.5 Å². The molecule has 0 fully saturated rings. The molecule has 16 heterocycles. The predicted octanol–water partition coefficient (Wildman–Crippen LogP) is 15.1. The molecule has 0 atom stereocenters. The first-order chi connectivity index (χ1) is 61.0. The van der Waals surface area contributed by atoms with E-state index in [-0.39, 0.29) is 116 Å². The highest BCUT2D eigenvalue weighted by molar-refractivity contribution is 9.10. The summed E-state index contributed by atoms with van der Waals surface area (Å²) in [6.45, 7) is 26.2. The minimum atomic E-state index is -4.53. The maximum absolute atomic E-state index is 13.6. The fraction of sp³-hybridized carbons (Fsp3) is 0.291. The molecule has 670 valence electrons. The van der Waals surface area contributed by atoms with Crippen LogP contribution in [0.2, 0.25) is 20.6 Å². The zero-order chi connectivity index (χ0) is 93.6. The van der Waals surface area contributed by atoms with Crippen LogP contribution < -0.4 is 61.5 Å². The average molecular weight is 1910 g/mol. The molecule has 35 nitrogen and oxygen atoms in total. The summed E-state index contributed by atoms with van der Waals surface area (Å²) in [6.07, 6.45) is 11.8. The van der Waals surface area contributed by atoms with Gasteiger partial charge in [0, 0.05) is 98.0 Å². The summed E-state index contributed by atoms with van der Waals surface area (Å²) < 4.78 is 61.6. The normalized spacial score (nSPS) is 14.7. The maximum Gasteiger partial charge on any atom is 0.417 e. The van der Waals surface area contributed by atoms with E-state index >= 15 is 0 Å². The predicted molar refractivity (Wildman–Crippen MR) is 490 cm³/mol. The summed E-state index contributed by atoms with van der Waals surface area (Å²) >= 11 is 28.9. The zero-order valence-corrected chi connectivity index (χ0v) is 77.3. The largest absolute Gasteiger partial charge is 0.496 e. The SMILES string of the molecule is COc1c(C)cnc(CN2C(=O)/C(=C\c3[nH]ncc3Br)c3c(Cl)nc(N)nc32)c1C.COc1c(C)cnc(CN2C(=O)/C(=C\c3cc(C(C)(C)C)[nH]n3)c3c(Cl)nc(N)nc32)c1C.COc1c(C)cnc(CN2C(=O)/C(=C\c3cc(C(F)(F)F)c[nH]3)c3c(Cl)nc(N)nc32)c1C.COc1c(C)cnc(CN2C(=O)/C(=C\c3cc(CC(C)C)[nH]n3)c3c(Cl)nc(N)nc32)c1C. The smallest absolute Gasteiger partial charge is 0.417 e. The van der Waals surface area contributed by atoms with Crippen molar-refractivity contribution >= 4 is 180 Å². The first-order valence-electron chi connectivity index (χ1n) is 39.5. The van der Waals surface area contributed by atoms with Crippen LogP contribution in [0.15, 0.2) is 59.9 Å². The number of fused-ring (bicyclic) bond motifs is 4. The Morgan fingerprint density at radius 3 is 1.08 bits per heavy atom. The van der Waals surface area contributed by atoms with E-state index in [1.54, 1.807) is 70.5 Å². The number of nitrogen functional groups attached to an aromatic ring is 4. The summed E-state index contributed by atoms with van der Waals surface area (Å²) in [5.74, 6) is 2.88. The van der Waals surface area contributed by atoms with Gasteiger partial charge in [0.25, 0.3) is 23.6 Å². The van der Waals surface area contributed by atoms with Crippen LogP contribution in [0.5, 0.6) is 23.0 Å². The molecule has 16 rings (SSSR count). The van der Waals surface area contributed by atoms with Gasteiger partial charge < -0.3 is 46.9 Å². The second-order valence-corrected chi connectivity index (χ2v) is 33.9. The molecule has 43 heteroatoms. The molecule has 0 saturated heterocycles. The summed E-state index contributed by atoms with van der Waals surface area (Å²) in [6, 6.07) is 4.72. The van der Waals surface area contributed by atoms with E-state index in [2.05, 4.69) is 146 Å². The lowest BCUT2D eigenvalue weighted by atomic mass is 9.92. The number of nitrogens with two attached hydrogens (primary N) is 4. The van der Waals surface area contributed by atoms with E-state index in [0.29, 0.717) is 107 Å². The molecule has 12 aromatic rings. The van der Waals surface area contributed by atoms with Crippen LogP contribution in [0.3, 0.4) is 0 Å². The number of ether oxygens (including phenoxy) is 4. The van der Waals surface area contributed by atoms with Crippen molar-refractivity contribution < 1.29 is 51.3 Å². The highest BCUT2D eigenvalue weighted by Gasteiger charge is 2.43. The minimum absolute atomic E-state index is 0.0109. The summed E-state index contributed by atoms with van der Waals surface area (Å²) in [7, 11) is 6.36. The third-order valence-electron chi connectivity index (χ3n) is 21.2. The third kappa shape index (κ3) is 19.1. The van der Waals surface area contributed by atoms with Crippen molar-refractivity contribution in [1.82, 2.24) is 95.4 Å². The van der Waals surface area contributed by atoms with E-state index in [4.69, 9.17) is 88.3 Å². The van der Waals surface area contributed by atoms with E-state index < -0.39 is 17.6 Å². The molecule has 0 unspecified atom stereocenters. The van der Waals surface area contributed by atoms with Crippen molar-refractivity contribution in [3.8, 4) is 23.0 Å². The summed E-state index contributed by atoms with van der Waals surface area (Å²) in [5.41, 5.74) is 38.1. The molecule has 0 spiro atoms. The van der Waals surface area contributed by atoms with Crippen LogP contribution in [0.1, 0.15) is 164 Å². The molecule has 4 aliphatic rings. The van der Waals surface area contributed by atoms with Gasteiger partial charge in [-0.25, -0.2) is 19.9 Å². The zero-order valence-electron chi connectivity index (χ0n) is 72.7. The lowest BCUT2D eigenvalue weighted by Gasteiger charge is -2.19.